The summed E-state index contributed by atoms with van der Waals surface area (Å²) >= 11 is 1.73. The van der Waals surface area contributed by atoms with E-state index in [-0.39, 0.29) is 5.78 Å². The first-order valence-corrected chi connectivity index (χ1v) is 6.82. The quantitative estimate of drug-likeness (QED) is 0.736. The predicted molar refractivity (Wildman–Crippen MR) is 71.4 cm³/mol. The molecule has 0 radical (unpaired) electrons. The van der Waals surface area contributed by atoms with Crippen molar-refractivity contribution in [2.75, 3.05) is 11.5 Å². The molecule has 0 atom stereocenters. The molecule has 0 aliphatic heterocycles. The first kappa shape index (κ1) is 13.4. The van der Waals surface area contributed by atoms with Gasteiger partial charge in [-0.05, 0) is 31.6 Å². The van der Waals surface area contributed by atoms with Crippen LogP contribution in [0.25, 0.3) is 0 Å². The van der Waals surface area contributed by atoms with Crippen LogP contribution in [0, 0.1) is 19.8 Å². The maximum atomic E-state index is 12.0. The molecule has 16 heavy (non-hydrogen) atoms. The largest absolute Gasteiger partial charge is 0.351 e. The Labute approximate surface area is 102 Å². The summed E-state index contributed by atoms with van der Waals surface area (Å²) in [6.45, 7) is 8.39. The van der Waals surface area contributed by atoms with Crippen LogP contribution in [0.3, 0.4) is 0 Å². The molecule has 0 spiro atoms. The molecular weight excluding hydrogens is 218 g/mol. The maximum absolute atomic E-state index is 12.0. The third kappa shape index (κ3) is 3.14. The number of Topliss-reactive ketones (excluding diaryl/α,β-unsaturated/α-hetero) is 1. The van der Waals surface area contributed by atoms with E-state index in [9.17, 15) is 4.79 Å². The van der Waals surface area contributed by atoms with Crippen molar-refractivity contribution < 1.29 is 4.79 Å². The van der Waals surface area contributed by atoms with Crippen LogP contribution in [-0.2, 0) is 7.05 Å². The number of carbonyl (C=O) groups is 1. The van der Waals surface area contributed by atoms with E-state index in [2.05, 4.69) is 18.4 Å². The minimum atomic E-state index is 0.256. The molecule has 1 rings (SSSR count). The van der Waals surface area contributed by atoms with E-state index >= 15 is 0 Å². The number of ketones is 1. The zero-order valence-corrected chi connectivity index (χ0v) is 11.6. The first-order chi connectivity index (χ1) is 7.43. The summed E-state index contributed by atoms with van der Waals surface area (Å²) in [5, 5.41) is 0. The van der Waals surface area contributed by atoms with Crippen LogP contribution in [-0.4, -0.2) is 21.9 Å². The number of nitrogens with zero attached hydrogens (tertiary/aromatic N) is 1. The van der Waals surface area contributed by atoms with Crippen LogP contribution in [0.15, 0.2) is 6.07 Å². The van der Waals surface area contributed by atoms with E-state index < -0.39 is 0 Å². The van der Waals surface area contributed by atoms with E-state index in [4.69, 9.17) is 0 Å². The van der Waals surface area contributed by atoms with Gasteiger partial charge in [-0.3, -0.25) is 4.79 Å². The highest BCUT2D eigenvalue weighted by Crippen LogP contribution is 2.17. The van der Waals surface area contributed by atoms with Gasteiger partial charge in [0.15, 0.2) is 5.78 Å². The number of thioether (sulfide) groups is 1. The predicted octanol–water partition coefficient (Wildman–Crippen LogP) is 3.21. The third-order valence-corrected chi connectivity index (χ3v) is 4.13. The Morgan fingerprint density at radius 3 is 2.50 bits per heavy atom. The number of aromatic nitrogens is 1. The fourth-order valence-corrected chi connectivity index (χ4v) is 2.53. The average Bonchev–Trinajstić information content (AvgIpc) is 2.45. The number of hydrogen-bond donors (Lipinski definition) is 0. The Kier molecular flexibility index (Phi) is 4.66. The summed E-state index contributed by atoms with van der Waals surface area (Å²) in [5.41, 5.74) is 3.11. The fraction of sp³-hybridized carbons (Fsp3) is 0.615. The number of hydrogen-bond acceptors (Lipinski definition) is 2. The fourth-order valence-electron chi connectivity index (χ4n) is 1.60. The molecule has 0 unspecified atom stereocenters. The Balaban J connectivity index is 2.63. The summed E-state index contributed by atoms with van der Waals surface area (Å²) in [7, 11) is 2.00. The van der Waals surface area contributed by atoms with Crippen LogP contribution in [0.5, 0.6) is 0 Å². The van der Waals surface area contributed by atoms with Crippen molar-refractivity contribution in [3.05, 3.63) is 23.0 Å². The molecule has 0 fully saturated rings. The molecule has 0 N–H and O–H groups in total. The SMILES string of the molecule is Cc1cc(C(=O)CSCC(C)C)c(C)n1C. The Morgan fingerprint density at radius 2 is 2.06 bits per heavy atom. The minimum absolute atomic E-state index is 0.256. The van der Waals surface area contributed by atoms with Gasteiger partial charge >= 0.3 is 0 Å². The molecule has 1 aromatic heterocycles. The van der Waals surface area contributed by atoms with Crippen LogP contribution in [0.4, 0.5) is 0 Å². The van der Waals surface area contributed by atoms with Gasteiger partial charge in [-0.25, -0.2) is 0 Å². The van der Waals surface area contributed by atoms with Crippen molar-refractivity contribution in [3.63, 3.8) is 0 Å². The molecule has 0 saturated heterocycles. The van der Waals surface area contributed by atoms with Gasteiger partial charge in [-0.15, -0.1) is 0 Å². The summed E-state index contributed by atoms with van der Waals surface area (Å²) < 4.78 is 2.07. The van der Waals surface area contributed by atoms with Crippen molar-refractivity contribution in [2.45, 2.75) is 27.7 Å². The van der Waals surface area contributed by atoms with E-state index in [0.29, 0.717) is 11.7 Å². The number of rotatable bonds is 5. The Hall–Kier alpha value is -0.700. The summed E-state index contributed by atoms with van der Waals surface area (Å²) in [6.07, 6.45) is 0. The second-order valence-electron chi connectivity index (χ2n) is 4.68. The smallest absolute Gasteiger partial charge is 0.174 e. The Morgan fingerprint density at radius 1 is 1.44 bits per heavy atom. The summed E-state index contributed by atoms with van der Waals surface area (Å²) in [6, 6.07) is 1.99. The molecule has 2 nitrogen and oxygen atoms in total. The molecular formula is C13H21NOS. The molecule has 0 aliphatic rings. The molecule has 3 heteroatoms. The van der Waals surface area contributed by atoms with Gasteiger partial charge < -0.3 is 4.57 Å². The molecule has 0 saturated carbocycles. The molecule has 1 heterocycles. The first-order valence-electron chi connectivity index (χ1n) is 5.67. The van der Waals surface area contributed by atoms with Gasteiger partial charge in [0.1, 0.15) is 0 Å². The second kappa shape index (κ2) is 5.58. The lowest BCUT2D eigenvalue weighted by Crippen LogP contribution is -2.06. The molecule has 0 aromatic carbocycles. The average molecular weight is 239 g/mol. The van der Waals surface area contributed by atoms with Crippen LogP contribution >= 0.6 is 11.8 Å². The minimum Gasteiger partial charge on any atom is -0.351 e. The van der Waals surface area contributed by atoms with E-state index in [1.165, 1.54) is 0 Å². The van der Waals surface area contributed by atoms with Crippen molar-refractivity contribution in [1.29, 1.82) is 0 Å². The standard InChI is InChI=1S/C13H21NOS/c1-9(2)7-16-8-13(15)12-6-10(3)14(5)11(12)4/h6,9H,7-8H2,1-5H3. The zero-order valence-electron chi connectivity index (χ0n) is 10.8. The van der Waals surface area contributed by atoms with Crippen LogP contribution in [0.2, 0.25) is 0 Å². The van der Waals surface area contributed by atoms with Gasteiger partial charge in [0.2, 0.25) is 0 Å². The highest BCUT2D eigenvalue weighted by Gasteiger charge is 2.13. The lowest BCUT2D eigenvalue weighted by molar-refractivity contribution is 0.102. The third-order valence-electron chi connectivity index (χ3n) is 2.76. The van der Waals surface area contributed by atoms with Gasteiger partial charge in [0, 0.05) is 24.0 Å². The molecule has 0 aliphatic carbocycles. The highest BCUT2D eigenvalue weighted by atomic mass is 32.2. The van der Waals surface area contributed by atoms with Crippen molar-refractivity contribution in [1.82, 2.24) is 4.57 Å². The van der Waals surface area contributed by atoms with Gasteiger partial charge in [-0.2, -0.15) is 11.8 Å². The van der Waals surface area contributed by atoms with E-state index in [1.54, 1.807) is 11.8 Å². The maximum Gasteiger partial charge on any atom is 0.174 e. The molecule has 0 amide bonds. The topological polar surface area (TPSA) is 22.0 Å². The molecule has 90 valence electrons. The normalized spacial score (nSPS) is 11.1. The van der Waals surface area contributed by atoms with Gasteiger partial charge in [0.25, 0.3) is 0 Å². The molecule has 0 bridgehead atoms. The highest BCUT2D eigenvalue weighted by molar-refractivity contribution is 7.99. The number of aryl methyl sites for hydroxylation is 1. The van der Waals surface area contributed by atoms with Crippen LogP contribution < -0.4 is 0 Å². The van der Waals surface area contributed by atoms with E-state index in [1.807, 2.05) is 27.0 Å². The molecule has 1 aromatic rings. The second-order valence-corrected chi connectivity index (χ2v) is 5.71. The van der Waals surface area contributed by atoms with Gasteiger partial charge in [-0.1, -0.05) is 13.8 Å². The van der Waals surface area contributed by atoms with Gasteiger partial charge in [0.05, 0.1) is 5.75 Å². The summed E-state index contributed by atoms with van der Waals surface area (Å²) in [5.74, 6) is 2.56. The lowest BCUT2D eigenvalue weighted by atomic mass is 10.2. The van der Waals surface area contributed by atoms with Crippen molar-refractivity contribution in [3.8, 4) is 0 Å². The van der Waals surface area contributed by atoms with Crippen molar-refractivity contribution >= 4 is 17.5 Å². The Bertz CT molecular complexity index is 380. The summed E-state index contributed by atoms with van der Waals surface area (Å²) in [4.78, 5) is 12.0. The number of carbonyl (C=O) groups excluding carboxylic acids is 1. The zero-order chi connectivity index (χ0) is 12.3. The van der Waals surface area contributed by atoms with E-state index in [0.717, 1.165) is 22.7 Å². The monoisotopic (exact) mass is 239 g/mol. The van der Waals surface area contributed by atoms with Crippen LogP contribution in [0.1, 0.15) is 35.6 Å². The lowest BCUT2D eigenvalue weighted by Gasteiger charge is -2.04. The van der Waals surface area contributed by atoms with Crippen molar-refractivity contribution in [2.24, 2.45) is 13.0 Å².